The first-order valence-corrected chi connectivity index (χ1v) is 16.9. The molecule has 1 unspecified atom stereocenters. The van der Waals surface area contributed by atoms with Crippen LogP contribution in [0, 0.1) is 0 Å². The van der Waals surface area contributed by atoms with Gasteiger partial charge < -0.3 is 36.4 Å². The van der Waals surface area contributed by atoms with Crippen LogP contribution < -0.4 is 26.6 Å². The summed E-state index contributed by atoms with van der Waals surface area (Å²) < 4.78 is 0. The maximum absolute atomic E-state index is 13.2. The van der Waals surface area contributed by atoms with Gasteiger partial charge in [-0.2, -0.15) is 10.2 Å². The van der Waals surface area contributed by atoms with Crippen LogP contribution in [0.3, 0.4) is 0 Å². The van der Waals surface area contributed by atoms with Crippen LogP contribution in [-0.2, 0) is 20.8 Å². The summed E-state index contributed by atoms with van der Waals surface area (Å²) in [7, 11) is 7.78. The molecule has 4 rings (SSSR count). The summed E-state index contributed by atoms with van der Waals surface area (Å²) in [4.78, 5) is 80.1. The van der Waals surface area contributed by atoms with Gasteiger partial charge in [-0.3, -0.25) is 28.8 Å². The van der Waals surface area contributed by atoms with Gasteiger partial charge in [-0.15, -0.1) is 0 Å². The number of carbonyl (C=O) groups excluding carboxylic acids is 6. The minimum Gasteiger partial charge on any atom is -0.352 e. The molecule has 15 heteroatoms. The van der Waals surface area contributed by atoms with Crippen LogP contribution >= 0.6 is 0 Å². The van der Waals surface area contributed by atoms with Gasteiger partial charge >= 0.3 is 0 Å². The Morgan fingerprint density at radius 2 is 1.33 bits per heavy atom. The SMILES string of the molecule is CC(=O)C(N=Nc1ccc(C(=O)Nc2cc(C(=O)NCCCN(C)C)cc(C(=O)NCCCN(C)C)c2)cc1)C(=O)Nc1ccc2c(c1)NC(=O)C2. The van der Waals surface area contributed by atoms with Crippen molar-refractivity contribution >= 4 is 58.1 Å². The second-order valence-corrected chi connectivity index (χ2v) is 12.9. The summed E-state index contributed by atoms with van der Waals surface area (Å²) in [5.74, 6) is -2.61. The molecule has 52 heavy (non-hydrogen) atoms. The molecule has 1 aliphatic rings. The zero-order valence-electron chi connectivity index (χ0n) is 30.0. The Labute approximate surface area is 302 Å². The van der Waals surface area contributed by atoms with E-state index in [1.807, 2.05) is 38.0 Å². The van der Waals surface area contributed by atoms with Crippen LogP contribution in [-0.4, -0.2) is 106 Å². The van der Waals surface area contributed by atoms with E-state index in [4.69, 9.17) is 0 Å². The van der Waals surface area contributed by atoms with Gasteiger partial charge in [-0.1, -0.05) is 6.07 Å². The largest absolute Gasteiger partial charge is 0.352 e. The number of ketones is 1. The Kier molecular flexibility index (Phi) is 13.8. The predicted molar refractivity (Wildman–Crippen MR) is 198 cm³/mol. The van der Waals surface area contributed by atoms with E-state index in [-0.39, 0.29) is 52.2 Å². The molecule has 1 atom stereocenters. The van der Waals surface area contributed by atoms with E-state index in [0.717, 1.165) is 31.5 Å². The number of anilines is 3. The maximum Gasteiger partial charge on any atom is 0.258 e. The second-order valence-electron chi connectivity index (χ2n) is 12.9. The molecule has 5 N–H and O–H groups in total. The third-order valence-electron chi connectivity index (χ3n) is 7.90. The Balaban J connectivity index is 1.43. The number of carbonyl (C=O) groups is 6. The fourth-order valence-electron chi connectivity index (χ4n) is 5.19. The average molecular weight is 712 g/mol. The maximum atomic E-state index is 13.2. The predicted octanol–water partition coefficient (Wildman–Crippen LogP) is 3.48. The highest BCUT2D eigenvalue weighted by atomic mass is 16.2. The molecular weight excluding hydrogens is 666 g/mol. The molecule has 0 spiro atoms. The van der Waals surface area contributed by atoms with Crippen LogP contribution in [0.15, 0.2) is 70.9 Å². The van der Waals surface area contributed by atoms with E-state index < -0.39 is 23.6 Å². The standard InChI is InChI=1S/C37H45N9O6/c1-23(47)33(37(52)40-29-13-10-25-21-32(48)42-31(25)22-29)44-43-28-11-8-24(9-12-28)36(51)41-30-19-26(34(49)38-14-6-16-45(2)3)18-27(20-30)35(50)39-15-7-17-46(4)5/h8-13,18-20,22,33H,6-7,14-17,21H2,1-5H3,(H,38,49)(H,39,50)(H,40,52)(H,41,51)(H,42,48). The molecule has 0 saturated carbocycles. The lowest BCUT2D eigenvalue weighted by atomic mass is 10.1. The molecule has 3 aromatic carbocycles. The Morgan fingerprint density at radius 1 is 0.731 bits per heavy atom. The highest BCUT2D eigenvalue weighted by Gasteiger charge is 2.24. The quantitative estimate of drug-likeness (QED) is 0.0798. The van der Waals surface area contributed by atoms with Crippen molar-refractivity contribution < 1.29 is 28.8 Å². The molecule has 5 amide bonds. The second kappa shape index (κ2) is 18.4. The Hall–Kier alpha value is -5.80. The average Bonchev–Trinajstić information content (AvgIpc) is 3.47. The van der Waals surface area contributed by atoms with E-state index >= 15 is 0 Å². The number of hydrogen-bond donors (Lipinski definition) is 5. The molecule has 274 valence electrons. The van der Waals surface area contributed by atoms with Crippen molar-refractivity contribution in [3.63, 3.8) is 0 Å². The Morgan fingerprint density at radius 3 is 1.88 bits per heavy atom. The topological polar surface area (TPSA) is 194 Å². The molecule has 0 aliphatic carbocycles. The highest BCUT2D eigenvalue weighted by molar-refractivity contribution is 6.11. The fourth-order valence-corrected chi connectivity index (χ4v) is 5.19. The van der Waals surface area contributed by atoms with E-state index in [1.165, 1.54) is 49.4 Å². The first-order valence-electron chi connectivity index (χ1n) is 16.9. The summed E-state index contributed by atoms with van der Waals surface area (Å²) in [6.45, 7) is 3.70. The van der Waals surface area contributed by atoms with Gasteiger partial charge in [0.05, 0.1) is 12.1 Å². The molecule has 0 fully saturated rings. The number of benzene rings is 3. The number of fused-ring (bicyclic) bond motifs is 1. The van der Waals surface area contributed by atoms with Crippen molar-refractivity contribution in [2.75, 3.05) is 70.3 Å². The number of Topliss-reactive ketones (excluding diaryl/α,β-unsaturated/α-hetero) is 1. The van der Waals surface area contributed by atoms with Gasteiger partial charge in [-0.25, -0.2) is 0 Å². The first kappa shape index (κ1) is 39.0. The van der Waals surface area contributed by atoms with E-state index in [1.54, 1.807) is 18.2 Å². The number of rotatable bonds is 17. The highest BCUT2D eigenvalue weighted by Crippen LogP contribution is 2.26. The fraction of sp³-hybridized carbons (Fsp3) is 0.351. The van der Waals surface area contributed by atoms with Crippen molar-refractivity contribution in [1.82, 2.24) is 20.4 Å². The molecule has 0 radical (unpaired) electrons. The van der Waals surface area contributed by atoms with Gasteiger partial charge in [0.15, 0.2) is 5.78 Å². The van der Waals surface area contributed by atoms with Crippen molar-refractivity contribution in [3.8, 4) is 0 Å². The van der Waals surface area contributed by atoms with E-state index in [2.05, 4.69) is 36.8 Å². The minimum absolute atomic E-state index is 0.141. The molecule has 1 heterocycles. The summed E-state index contributed by atoms with van der Waals surface area (Å²) in [5, 5.41) is 21.8. The van der Waals surface area contributed by atoms with Gasteiger partial charge in [0.25, 0.3) is 23.6 Å². The molecule has 0 bridgehead atoms. The van der Waals surface area contributed by atoms with Crippen molar-refractivity contribution in [2.24, 2.45) is 10.2 Å². The molecule has 15 nitrogen and oxygen atoms in total. The van der Waals surface area contributed by atoms with Crippen LogP contribution in [0.2, 0.25) is 0 Å². The van der Waals surface area contributed by atoms with Gasteiger partial charge in [-0.05, 0) is 121 Å². The van der Waals surface area contributed by atoms with Crippen molar-refractivity contribution in [1.29, 1.82) is 0 Å². The monoisotopic (exact) mass is 711 g/mol. The molecule has 0 saturated heterocycles. The zero-order chi connectivity index (χ0) is 37.8. The number of nitrogens with zero attached hydrogens (tertiary/aromatic N) is 4. The van der Waals surface area contributed by atoms with E-state index in [9.17, 15) is 28.8 Å². The summed E-state index contributed by atoms with van der Waals surface area (Å²) >= 11 is 0. The summed E-state index contributed by atoms with van der Waals surface area (Å²) in [6, 6.07) is 14.0. The van der Waals surface area contributed by atoms with Crippen LogP contribution in [0.1, 0.15) is 56.4 Å². The van der Waals surface area contributed by atoms with Crippen molar-refractivity contribution in [3.05, 3.63) is 82.9 Å². The first-order chi connectivity index (χ1) is 24.8. The number of hydrogen-bond acceptors (Lipinski definition) is 10. The van der Waals surface area contributed by atoms with Crippen molar-refractivity contribution in [2.45, 2.75) is 32.2 Å². The van der Waals surface area contributed by atoms with Crippen LogP contribution in [0.4, 0.5) is 22.7 Å². The van der Waals surface area contributed by atoms with Crippen LogP contribution in [0.5, 0.6) is 0 Å². The molecule has 0 aromatic heterocycles. The summed E-state index contributed by atoms with van der Waals surface area (Å²) in [5.41, 5.74) is 3.04. The van der Waals surface area contributed by atoms with Gasteiger partial charge in [0, 0.05) is 46.8 Å². The summed E-state index contributed by atoms with van der Waals surface area (Å²) in [6.07, 6.45) is 1.74. The lowest BCUT2D eigenvalue weighted by molar-refractivity contribution is -0.126. The van der Waals surface area contributed by atoms with Gasteiger partial charge in [0.2, 0.25) is 11.9 Å². The van der Waals surface area contributed by atoms with Gasteiger partial charge in [0.1, 0.15) is 0 Å². The smallest absolute Gasteiger partial charge is 0.258 e. The Bertz CT molecular complexity index is 1790. The van der Waals surface area contributed by atoms with E-state index in [0.29, 0.717) is 24.5 Å². The third kappa shape index (κ3) is 11.6. The molecular formula is C37H45N9O6. The number of azo groups is 1. The van der Waals surface area contributed by atoms with Crippen LogP contribution in [0.25, 0.3) is 0 Å². The zero-order valence-corrected chi connectivity index (χ0v) is 30.0. The number of amides is 5. The minimum atomic E-state index is -1.43. The lowest BCUT2D eigenvalue weighted by Crippen LogP contribution is -2.31. The normalized spacial score (nSPS) is 12.7. The lowest BCUT2D eigenvalue weighted by Gasteiger charge is -2.13. The third-order valence-corrected chi connectivity index (χ3v) is 7.90. The number of nitrogens with one attached hydrogen (secondary N) is 5. The molecule has 1 aliphatic heterocycles. The molecule has 3 aromatic rings.